The highest BCUT2D eigenvalue weighted by Gasteiger charge is 2.12. The van der Waals surface area contributed by atoms with Crippen molar-refractivity contribution in [3.63, 3.8) is 0 Å². The summed E-state index contributed by atoms with van der Waals surface area (Å²) in [5, 5.41) is 9.11. The van der Waals surface area contributed by atoms with Gasteiger partial charge in [0.15, 0.2) is 5.76 Å². The Balaban J connectivity index is 1.83. The van der Waals surface area contributed by atoms with Crippen LogP contribution in [0.3, 0.4) is 0 Å². The summed E-state index contributed by atoms with van der Waals surface area (Å²) in [7, 11) is 0. The van der Waals surface area contributed by atoms with E-state index >= 15 is 0 Å². The fourth-order valence-electron chi connectivity index (χ4n) is 3.01. The van der Waals surface area contributed by atoms with Crippen molar-refractivity contribution in [2.24, 2.45) is 5.73 Å². The van der Waals surface area contributed by atoms with Crippen LogP contribution in [-0.4, -0.2) is 22.0 Å². The molecule has 0 aliphatic carbocycles. The van der Waals surface area contributed by atoms with Gasteiger partial charge >= 0.3 is 5.97 Å². The van der Waals surface area contributed by atoms with Gasteiger partial charge in [-0.2, -0.15) is 0 Å². The number of primary amides is 1. The van der Waals surface area contributed by atoms with Crippen LogP contribution in [0.4, 0.5) is 0 Å². The fourth-order valence-corrected chi connectivity index (χ4v) is 3.01. The SMILES string of the molecule is NC(=O)c1ccc(-c2cc(-c3ccc(C(=O)O)cc3)nc(-c3ccco3)c2)cc1. The van der Waals surface area contributed by atoms with Gasteiger partial charge in [-0.25, -0.2) is 9.78 Å². The number of nitrogens with zero attached hydrogens (tertiary/aromatic N) is 1. The number of hydrogen-bond acceptors (Lipinski definition) is 4. The lowest BCUT2D eigenvalue weighted by Crippen LogP contribution is -2.10. The number of nitrogens with two attached hydrogens (primary N) is 1. The lowest BCUT2D eigenvalue weighted by Gasteiger charge is -2.09. The molecule has 6 heteroatoms. The number of furan rings is 1. The highest BCUT2D eigenvalue weighted by atomic mass is 16.4. The minimum Gasteiger partial charge on any atom is -0.478 e. The maximum Gasteiger partial charge on any atom is 0.335 e. The molecule has 0 spiro atoms. The van der Waals surface area contributed by atoms with Crippen molar-refractivity contribution >= 4 is 11.9 Å². The van der Waals surface area contributed by atoms with Crippen molar-refractivity contribution in [2.45, 2.75) is 0 Å². The molecular weight excluding hydrogens is 368 g/mol. The third-order valence-electron chi connectivity index (χ3n) is 4.53. The first-order valence-electron chi connectivity index (χ1n) is 8.81. The first-order valence-corrected chi connectivity index (χ1v) is 8.81. The number of carbonyl (C=O) groups excluding carboxylic acids is 1. The van der Waals surface area contributed by atoms with Crippen LogP contribution in [-0.2, 0) is 0 Å². The molecule has 1 amide bonds. The molecule has 6 nitrogen and oxygen atoms in total. The van der Waals surface area contributed by atoms with Gasteiger partial charge in [0.25, 0.3) is 0 Å². The van der Waals surface area contributed by atoms with Crippen LogP contribution in [0.1, 0.15) is 20.7 Å². The van der Waals surface area contributed by atoms with E-state index in [1.807, 2.05) is 30.3 Å². The quantitative estimate of drug-likeness (QED) is 0.528. The zero-order chi connectivity index (χ0) is 20.4. The molecule has 2 aromatic carbocycles. The zero-order valence-corrected chi connectivity index (χ0v) is 15.2. The average Bonchev–Trinajstić information content (AvgIpc) is 3.28. The number of carboxylic acids is 1. The third-order valence-corrected chi connectivity index (χ3v) is 4.53. The molecule has 2 aromatic heterocycles. The summed E-state index contributed by atoms with van der Waals surface area (Å²) in [6, 6.07) is 20.9. The molecule has 0 aliphatic rings. The molecule has 0 unspecified atom stereocenters. The first-order chi connectivity index (χ1) is 14.0. The summed E-state index contributed by atoms with van der Waals surface area (Å²) in [6.45, 7) is 0. The van der Waals surface area contributed by atoms with Gasteiger partial charge in [-0.05, 0) is 59.7 Å². The van der Waals surface area contributed by atoms with Crippen molar-refractivity contribution in [1.29, 1.82) is 0 Å². The molecule has 0 saturated carbocycles. The number of carboxylic acid groups (broad SMARTS) is 1. The van der Waals surface area contributed by atoms with Crippen molar-refractivity contribution < 1.29 is 19.1 Å². The van der Waals surface area contributed by atoms with Gasteiger partial charge in [-0.1, -0.05) is 24.3 Å². The highest BCUT2D eigenvalue weighted by molar-refractivity contribution is 5.93. The summed E-state index contributed by atoms with van der Waals surface area (Å²) < 4.78 is 5.50. The van der Waals surface area contributed by atoms with E-state index in [2.05, 4.69) is 4.98 Å². The molecule has 0 aliphatic heterocycles. The third kappa shape index (κ3) is 3.77. The molecule has 0 atom stereocenters. The summed E-state index contributed by atoms with van der Waals surface area (Å²) in [4.78, 5) is 27.1. The van der Waals surface area contributed by atoms with Crippen LogP contribution in [0, 0.1) is 0 Å². The fraction of sp³-hybridized carbons (Fsp3) is 0. The van der Waals surface area contributed by atoms with Crippen LogP contribution in [0.5, 0.6) is 0 Å². The smallest absolute Gasteiger partial charge is 0.335 e. The topological polar surface area (TPSA) is 106 Å². The highest BCUT2D eigenvalue weighted by Crippen LogP contribution is 2.30. The van der Waals surface area contributed by atoms with Gasteiger partial charge in [-0.3, -0.25) is 4.79 Å². The van der Waals surface area contributed by atoms with E-state index in [0.29, 0.717) is 22.7 Å². The Morgan fingerprint density at radius 1 is 0.793 bits per heavy atom. The predicted octanol–water partition coefficient (Wildman–Crippen LogP) is 4.47. The zero-order valence-electron chi connectivity index (χ0n) is 15.2. The number of benzene rings is 2. The number of aromatic nitrogens is 1. The molecule has 0 fully saturated rings. The number of carbonyl (C=O) groups is 2. The molecule has 4 rings (SSSR count). The molecule has 142 valence electrons. The van der Waals surface area contributed by atoms with Gasteiger partial charge in [0, 0.05) is 11.1 Å². The van der Waals surface area contributed by atoms with E-state index in [0.717, 1.165) is 16.7 Å². The minimum absolute atomic E-state index is 0.207. The molecule has 0 bridgehead atoms. The van der Waals surface area contributed by atoms with Crippen molar-refractivity contribution in [3.8, 4) is 33.8 Å². The Morgan fingerprint density at radius 2 is 1.41 bits per heavy atom. The second-order valence-electron chi connectivity index (χ2n) is 6.43. The second kappa shape index (κ2) is 7.44. The van der Waals surface area contributed by atoms with E-state index in [1.165, 1.54) is 0 Å². The van der Waals surface area contributed by atoms with E-state index in [9.17, 15) is 9.59 Å². The van der Waals surface area contributed by atoms with E-state index in [4.69, 9.17) is 15.3 Å². The standard InChI is InChI=1S/C23H16N2O4/c24-22(26)16-7-3-14(4-8-16)18-12-19(15-5-9-17(10-6-15)23(27)28)25-20(13-18)21-2-1-11-29-21/h1-13H,(H2,24,26)(H,27,28). The van der Waals surface area contributed by atoms with Crippen molar-refractivity contribution in [3.05, 3.63) is 90.2 Å². The van der Waals surface area contributed by atoms with Gasteiger partial charge in [-0.15, -0.1) is 0 Å². The van der Waals surface area contributed by atoms with Crippen LogP contribution < -0.4 is 5.73 Å². The largest absolute Gasteiger partial charge is 0.478 e. The van der Waals surface area contributed by atoms with Gasteiger partial charge < -0.3 is 15.3 Å². The maximum absolute atomic E-state index is 11.3. The monoisotopic (exact) mass is 384 g/mol. The predicted molar refractivity (Wildman–Crippen MR) is 108 cm³/mol. The Bertz CT molecular complexity index is 1100. The average molecular weight is 384 g/mol. The lowest BCUT2D eigenvalue weighted by atomic mass is 10.00. The number of aromatic carboxylic acids is 1. The minimum atomic E-state index is -0.982. The Hall–Kier alpha value is -4.19. The van der Waals surface area contributed by atoms with Gasteiger partial charge in [0.1, 0.15) is 5.69 Å². The lowest BCUT2D eigenvalue weighted by molar-refractivity contribution is 0.0696. The van der Waals surface area contributed by atoms with Crippen LogP contribution in [0.2, 0.25) is 0 Å². The molecular formula is C23H16N2O4. The Kier molecular flexibility index (Phi) is 4.66. The summed E-state index contributed by atoms with van der Waals surface area (Å²) in [6.07, 6.45) is 1.58. The van der Waals surface area contributed by atoms with Crippen LogP contribution in [0.25, 0.3) is 33.8 Å². The summed E-state index contributed by atoms with van der Waals surface area (Å²) in [5.41, 5.74) is 9.80. The van der Waals surface area contributed by atoms with Crippen molar-refractivity contribution in [1.82, 2.24) is 4.98 Å². The van der Waals surface area contributed by atoms with E-state index < -0.39 is 11.9 Å². The van der Waals surface area contributed by atoms with Crippen LogP contribution >= 0.6 is 0 Å². The number of hydrogen-bond donors (Lipinski definition) is 2. The Labute approximate surface area is 166 Å². The van der Waals surface area contributed by atoms with Gasteiger partial charge in [0.2, 0.25) is 5.91 Å². The number of rotatable bonds is 5. The molecule has 0 radical (unpaired) electrons. The van der Waals surface area contributed by atoms with E-state index in [1.54, 1.807) is 48.7 Å². The molecule has 3 N–H and O–H groups in total. The normalized spacial score (nSPS) is 10.6. The molecule has 2 heterocycles. The Morgan fingerprint density at radius 3 is 2.00 bits per heavy atom. The number of amides is 1. The summed E-state index contributed by atoms with van der Waals surface area (Å²) in [5.74, 6) is -0.852. The first kappa shape index (κ1) is 18.2. The molecule has 4 aromatic rings. The van der Waals surface area contributed by atoms with E-state index in [-0.39, 0.29) is 5.56 Å². The maximum atomic E-state index is 11.3. The van der Waals surface area contributed by atoms with Crippen LogP contribution in [0.15, 0.2) is 83.5 Å². The summed E-state index contributed by atoms with van der Waals surface area (Å²) >= 11 is 0. The molecule has 29 heavy (non-hydrogen) atoms. The number of pyridine rings is 1. The van der Waals surface area contributed by atoms with Crippen molar-refractivity contribution in [2.75, 3.05) is 0 Å². The molecule has 0 saturated heterocycles. The second-order valence-corrected chi connectivity index (χ2v) is 6.43. The van der Waals surface area contributed by atoms with Gasteiger partial charge in [0.05, 0.1) is 17.5 Å².